The fraction of sp³-hybridized carbons (Fsp3) is 0.280. The number of benzene rings is 6. The van der Waals surface area contributed by atoms with Crippen molar-refractivity contribution in [1.82, 2.24) is 0 Å². The van der Waals surface area contributed by atoms with Crippen molar-refractivity contribution < 1.29 is 4.74 Å². The molecule has 7 rings (SSSR count). The first-order valence-electron chi connectivity index (χ1n) is 18.6. The van der Waals surface area contributed by atoms with Gasteiger partial charge in [-0.1, -0.05) is 151 Å². The molecule has 0 N–H and O–H groups in total. The Kier molecular flexibility index (Phi) is 12.7. The first kappa shape index (κ1) is 37.4. The monoisotopic (exact) mass is 672 g/mol. The van der Waals surface area contributed by atoms with Crippen molar-refractivity contribution in [1.29, 1.82) is 0 Å². The van der Waals surface area contributed by atoms with E-state index in [-0.39, 0.29) is 5.41 Å². The van der Waals surface area contributed by atoms with Crippen LogP contribution in [0.1, 0.15) is 87.7 Å². The van der Waals surface area contributed by atoms with Gasteiger partial charge in [0.15, 0.2) is 0 Å². The second-order valence-electron chi connectivity index (χ2n) is 14.7. The van der Waals surface area contributed by atoms with Crippen molar-refractivity contribution >= 4 is 0 Å². The average Bonchev–Trinajstić information content (AvgIpc) is 3.14. The predicted molar refractivity (Wildman–Crippen MR) is 219 cm³/mol. The van der Waals surface area contributed by atoms with Crippen LogP contribution in [0.4, 0.5) is 0 Å². The van der Waals surface area contributed by atoms with Crippen molar-refractivity contribution in [2.45, 2.75) is 92.9 Å². The van der Waals surface area contributed by atoms with Gasteiger partial charge in [-0.3, -0.25) is 0 Å². The fourth-order valence-corrected chi connectivity index (χ4v) is 6.82. The molecule has 1 aliphatic rings. The quantitative estimate of drug-likeness (QED) is 0.177. The molecule has 1 aliphatic carbocycles. The number of hydrogen-bond donors (Lipinski definition) is 0. The second-order valence-corrected chi connectivity index (χ2v) is 14.7. The minimum atomic E-state index is 0.231. The van der Waals surface area contributed by atoms with E-state index in [0.717, 1.165) is 11.5 Å². The molecule has 0 atom stereocenters. The zero-order valence-corrected chi connectivity index (χ0v) is 32.1. The molecule has 51 heavy (non-hydrogen) atoms. The molecule has 0 bridgehead atoms. The third kappa shape index (κ3) is 10.1. The van der Waals surface area contributed by atoms with E-state index in [1.54, 1.807) is 0 Å². The normalized spacial score (nSPS) is 13.3. The highest BCUT2D eigenvalue weighted by molar-refractivity contribution is 5.63. The van der Waals surface area contributed by atoms with E-state index in [1.807, 2.05) is 48.5 Å². The topological polar surface area (TPSA) is 9.23 Å². The Morgan fingerprint density at radius 3 is 1.02 bits per heavy atom. The summed E-state index contributed by atoms with van der Waals surface area (Å²) in [7, 11) is 0. The van der Waals surface area contributed by atoms with Gasteiger partial charge in [0.2, 0.25) is 0 Å². The molecule has 0 saturated heterocycles. The number of ether oxygens (including phenoxy) is 1. The van der Waals surface area contributed by atoms with Crippen LogP contribution in [-0.4, -0.2) is 0 Å². The maximum atomic E-state index is 5.69. The fourth-order valence-electron chi connectivity index (χ4n) is 6.82. The Hall–Kier alpha value is -4.88. The van der Waals surface area contributed by atoms with E-state index in [9.17, 15) is 0 Å². The molecule has 1 saturated carbocycles. The van der Waals surface area contributed by atoms with Crippen LogP contribution >= 0.6 is 0 Å². The van der Waals surface area contributed by atoms with E-state index in [4.69, 9.17) is 4.74 Å². The summed E-state index contributed by atoms with van der Waals surface area (Å²) in [5.41, 5.74) is 16.6. The van der Waals surface area contributed by atoms with Crippen molar-refractivity contribution in [3.05, 3.63) is 189 Å². The van der Waals surface area contributed by atoms with Gasteiger partial charge < -0.3 is 4.74 Å². The van der Waals surface area contributed by atoms with Gasteiger partial charge in [-0.2, -0.15) is 0 Å². The highest BCUT2D eigenvalue weighted by Gasteiger charge is 2.36. The smallest absolute Gasteiger partial charge is 0.127 e. The third-order valence-corrected chi connectivity index (χ3v) is 10.5. The lowest BCUT2D eigenvalue weighted by atomic mass is 9.64. The summed E-state index contributed by atoms with van der Waals surface area (Å²) in [4.78, 5) is 0. The molecule has 6 aromatic carbocycles. The molecule has 262 valence electrons. The summed E-state index contributed by atoms with van der Waals surface area (Å²) in [5.74, 6) is 1.76. The van der Waals surface area contributed by atoms with Gasteiger partial charge in [0, 0.05) is 5.41 Å². The van der Waals surface area contributed by atoms with Crippen LogP contribution in [0.5, 0.6) is 11.5 Å². The lowest BCUT2D eigenvalue weighted by Gasteiger charge is -2.39. The zero-order chi connectivity index (χ0) is 36.4. The van der Waals surface area contributed by atoms with Crippen LogP contribution in [0.2, 0.25) is 0 Å². The van der Waals surface area contributed by atoms with E-state index >= 15 is 0 Å². The van der Waals surface area contributed by atoms with Crippen LogP contribution in [0.25, 0.3) is 11.1 Å². The highest BCUT2D eigenvalue weighted by atomic mass is 16.5. The SMILES string of the molecule is Cc1ccc(-c2ccc(C)cc2)cc1.Cc1ccc(C2(c3ccc(C)c(C)c3)CCCCC2)cc1C.Cc1ccc(Oc2ccc(C)cc2)cc1. The molecule has 0 radical (unpaired) electrons. The minimum absolute atomic E-state index is 0.231. The summed E-state index contributed by atoms with van der Waals surface area (Å²) in [6, 6.07) is 47.6. The Morgan fingerprint density at radius 1 is 0.353 bits per heavy atom. The molecule has 1 heteroatoms. The summed E-state index contributed by atoms with van der Waals surface area (Å²) >= 11 is 0. The van der Waals surface area contributed by atoms with E-state index in [0.29, 0.717) is 0 Å². The van der Waals surface area contributed by atoms with Crippen LogP contribution in [0.3, 0.4) is 0 Å². The zero-order valence-electron chi connectivity index (χ0n) is 32.1. The Bertz CT molecular complexity index is 1830. The van der Waals surface area contributed by atoms with Crippen molar-refractivity contribution in [2.75, 3.05) is 0 Å². The van der Waals surface area contributed by atoms with E-state index in [1.165, 1.54) is 98.9 Å². The van der Waals surface area contributed by atoms with Gasteiger partial charge in [-0.15, -0.1) is 0 Å². The summed E-state index contributed by atoms with van der Waals surface area (Å²) in [6.45, 7) is 17.3. The number of rotatable bonds is 5. The molecule has 1 nitrogen and oxygen atoms in total. The first-order valence-corrected chi connectivity index (χ1v) is 18.6. The van der Waals surface area contributed by atoms with Crippen molar-refractivity contribution in [3.63, 3.8) is 0 Å². The number of aryl methyl sites for hydroxylation is 8. The van der Waals surface area contributed by atoms with Crippen LogP contribution in [-0.2, 0) is 5.41 Å². The maximum Gasteiger partial charge on any atom is 0.127 e. The average molecular weight is 673 g/mol. The van der Waals surface area contributed by atoms with Crippen LogP contribution < -0.4 is 4.74 Å². The van der Waals surface area contributed by atoms with E-state index < -0.39 is 0 Å². The van der Waals surface area contributed by atoms with Gasteiger partial charge in [0.25, 0.3) is 0 Å². The van der Waals surface area contributed by atoms with Gasteiger partial charge in [0.05, 0.1) is 0 Å². The second kappa shape index (κ2) is 17.4. The van der Waals surface area contributed by atoms with Gasteiger partial charge in [0.1, 0.15) is 11.5 Å². The summed E-state index contributed by atoms with van der Waals surface area (Å²) in [6.07, 6.45) is 6.66. The number of hydrogen-bond acceptors (Lipinski definition) is 1. The summed E-state index contributed by atoms with van der Waals surface area (Å²) in [5, 5.41) is 0. The lowest BCUT2D eigenvalue weighted by molar-refractivity contribution is 0.345. The van der Waals surface area contributed by atoms with Crippen molar-refractivity contribution in [3.8, 4) is 22.6 Å². The Balaban J connectivity index is 0.000000154. The Labute approximate surface area is 308 Å². The molecule has 0 aromatic heterocycles. The standard InChI is InChI=1S/C22H28.C14H14O.C14H14/c1-16-8-10-20(14-18(16)3)22(12-6-5-7-13-22)21-11-9-17(2)19(4)15-21;1-11-3-7-13(8-4-11)15-14-9-5-12(2)6-10-14;1-11-3-7-13(8-4-11)14-9-5-12(2)6-10-14/h8-11,14-15H,5-7,12-13H2,1-4H3;3-10H,1-2H3;3-10H,1-2H3. The molecule has 0 heterocycles. The maximum absolute atomic E-state index is 5.69. The van der Waals surface area contributed by atoms with Gasteiger partial charge in [-0.05, 0) is 137 Å². The lowest BCUT2D eigenvalue weighted by Crippen LogP contribution is -2.30. The minimum Gasteiger partial charge on any atom is -0.457 e. The van der Waals surface area contributed by atoms with Crippen LogP contribution in [0, 0.1) is 55.4 Å². The first-order chi connectivity index (χ1) is 24.5. The molecule has 6 aromatic rings. The summed E-state index contributed by atoms with van der Waals surface area (Å²) < 4.78 is 5.69. The Morgan fingerprint density at radius 2 is 0.686 bits per heavy atom. The van der Waals surface area contributed by atoms with Gasteiger partial charge >= 0.3 is 0 Å². The molecular weight excluding hydrogens is 617 g/mol. The van der Waals surface area contributed by atoms with Crippen molar-refractivity contribution in [2.24, 2.45) is 0 Å². The molecule has 1 fully saturated rings. The molecule has 0 amide bonds. The highest BCUT2D eigenvalue weighted by Crippen LogP contribution is 2.45. The van der Waals surface area contributed by atoms with Gasteiger partial charge in [-0.25, -0.2) is 0 Å². The van der Waals surface area contributed by atoms with Crippen LogP contribution in [0.15, 0.2) is 133 Å². The molecule has 0 unspecified atom stereocenters. The molecular formula is C50H56O. The van der Waals surface area contributed by atoms with E-state index in [2.05, 4.69) is 140 Å². The third-order valence-electron chi connectivity index (χ3n) is 10.5. The molecule has 0 spiro atoms. The largest absolute Gasteiger partial charge is 0.457 e. The predicted octanol–water partition coefficient (Wildman–Crippen LogP) is 14.2. The molecule has 0 aliphatic heterocycles.